The Hall–Kier alpha value is -3.05. The summed E-state index contributed by atoms with van der Waals surface area (Å²) in [7, 11) is 0.947. The number of rotatable bonds is 6. The highest BCUT2D eigenvalue weighted by molar-refractivity contribution is 7.89. The van der Waals surface area contributed by atoms with E-state index in [2.05, 4.69) is 15.0 Å². The van der Waals surface area contributed by atoms with E-state index in [1.165, 1.54) is 28.4 Å². The molecule has 1 aliphatic rings. The van der Waals surface area contributed by atoms with Gasteiger partial charge in [0.1, 0.15) is 17.8 Å². The van der Waals surface area contributed by atoms with E-state index in [1.54, 1.807) is 49.5 Å². The van der Waals surface area contributed by atoms with Gasteiger partial charge in [0.05, 0.1) is 13.2 Å². The number of hydrogen-bond donors (Lipinski definition) is 0. The average Bonchev–Trinajstić information content (AvgIpc) is 3.15. The van der Waals surface area contributed by atoms with Crippen molar-refractivity contribution in [3.05, 3.63) is 48.8 Å². The molecule has 11 heteroatoms. The van der Waals surface area contributed by atoms with Crippen LogP contribution in [0.2, 0.25) is 0 Å². The predicted molar refractivity (Wildman–Crippen MR) is 108 cm³/mol. The standard InChI is InChI=1S/C19H21FN6O3S/c1-24-9-8-21-19(24)30(27,28)25(2)14-10-26(11-14)18-16(20)17(22-12-23-18)13-4-6-15(29-3)7-5-13/h4-9,12,14H,10-11H2,1-3H3. The molecule has 0 N–H and O–H groups in total. The SMILES string of the molecule is COc1ccc(-c2ncnc(N3CC(N(C)S(=O)(=O)c4nccn4C)C3)c2F)cc1. The van der Waals surface area contributed by atoms with E-state index in [0.717, 1.165) is 0 Å². The van der Waals surface area contributed by atoms with Crippen LogP contribution >= 0.6 is 0 Å². The third-order valence-corrected chi connectivity index (χ3v) is 7.11. The first-order chi connectivity index (χ1) is 14.3. The molecule has 0 spiro atoms. The Morgan fingerprint density at radius 1 is 1.17 bits per heavy atom. The number of methoxy groups -OCH3 is 1. The van der Waals surface area contributed by atoms with Crippen LogP contribution in [-0.4, -0.2) is 65.5 Å². The Morgan fingerprint density at radius 3 is 2.47 bits per heavy atom. The number of likely N-dealkylation sites (N-methyl/N-ethyl adjacent to an activating group) is 1. The second kappa shape index (κ2) is 7.65. The van der Waals surface area contributed by atoms with Gasteiger partial charge in [-0.2, -0.15) is 4.31 Å². The van der Waals surface area contributed by atoms with E-state index in [0.29, 0.717) is 24.4 Å². The minimum absolute atomic E-state index is 0.0292. The van der Waals surface area contributed by atoms with Gasteiger partial charge in [0.25, 0.3) is 10.0 Å². The summed E-state index contributed by atoms with van der Waals surface area (Å²) in [4.78, 5) is 13.8. The fourth-order valence-electron chi connectivity index (χ4n) is 3.31. The van der Waals surface area contributed by atoms with Crippen molar-refractivity contribution >= 4 is 15.8 Å². The van der Waals surface area contributed by atoms with Gasteiger partial charge in [-0.3, -0.25) is 0 Å². The second-order valence-corrected chi connectivity index (χ2v) is 8.88. The molecule has 1 aliphatic heterocycles. The highest BCUT2D eigenvalue weighted by Crippen LogP contribution is 2.31. The zero-order valence-corrected chi connectivity index (χ0v) is 17.5. The summed E-state index contributed by atoms with van der Waals surface area (Å²) in [5.41, 5.74) is 0.781. The molecule has 0 bridgehead atoms. The monoisotopic (exact) mass is 432 g/mol. The lowest BCUT2D eigenvalue weighted by molar-refractivity contribution is 0.304. The van der Waals surface area contributed by atoms with Crippen molar-refractivity contribution in [3.63, 3.8) is 0 Å². The van der Waals surface area contributed by atoms with Gasteiger partial charge in [0, 0.05) is 45.1 Å². The number of hydrogen-bond acceptors (Lipinski definition) is 7. The van der Waals surface area contributed by atoms with Gasteiger partial charge >= 0.3 is 0 Å². The maximum atomic E-state index is 15.1. The fourth-order valence-corrected chi connectivity index (χ4v) is 4.72. The first-order valence-corrected chi connectivity index (χ1v) is 10.6. The number of halogens is 1. The van der Waals surface area contributed by atoms with E-state index in [9.17, 15) is 8.42 Å². The number of aryl methyl sites for hydroxylation is 1. The van der Waals surface area contributed by atoms with Gasteiger partial charge in [0.2, 0.25) is 5.16 Å². The first kappa shape index (κ1) is 20.2. The smallest absolute Gasteiger partial charge is 0.277 e. The maximum Gasteiger partial charge on any atom is 0.277 e. The normalized spacial score (nSPS) is 14.8. The topological polar surface area (TPSA) is 93.5 Å². The number of benzene rings is 1. The van der Waals surface area contributed by atoms with Crippen molar-refractivity contribution in [1.29, 1.82) is 0 Å². The first-order valence-electron chi connectivity index (χ1n) is 9.18. The van der Waals surface area contributed by atoms with Crippen LogP contribution in [0.15, 0.2) is 48.1 Å². The zero-order chi connectivity index (χ0) is 21.5. The highest BCUT2D eigenvalue weighted by atomic mass is 32.2. The van der Waals surface area contributed by atoms with Crippen LogP contribution in [0.5, 0.6) is 5.75 Å². The average molecular weight is 432 g/mol. The van der Waals surface area contributed by atoms with Crippen LogP contribution in [0.1, 0.15) is 0 Å². The Bertz CT molecular complexity index is 1160. The largest absolute Gasteiger partial charge is 0.497 e. The van der Waals surface area contributed by atoms with Crippen LogP contribution in [0.3, 0.4) is 0 Å². The number of imidazole rings is 1. The molecule has 158 valence electrons. The number of anilines is 1. The van der Waals surface area contributed by atoms with E-state index in [-0.39, 0.29) is 22.7 Å². The Kier molecular flexibility index (Phi) is 5.16. The minimum Gasteiger partial charge on any atom is -0.497 e. The number of sulfonamides is 1. The Morgan fingerprint density at radius 2 is 1.87 bits per heavy atom. The molecule has 3 aromatic rings. The van der Waals surface area contributed by atoms with Crippen molar-refractivity contribution in [2.45, 2.75) is 11.2 Å². The molecule has 4 rings (SSSR count). The highest BCUT2D eigenvalue weighted by Gasteiger charge is 2.39. The lowest BCUT2D eigenvalue weighted by Gasteiger charge is -2.43. The van der Waals surface area contributed by atoms with E-state index >= 15 is 4.39 Å². The summed E-state index contributed by atoms with van der Waals surface area (Å²) in [5, 5.41) is -0.0292. The van der Waals surface area contributed by atoms with Gasteiger partial charge < -0.3 is 14.2 Å². The summed E-state index contributed by atoms with van der Waals surface area (Å²) >= 11 is 0. The summed E-state index contributed by atoms with van der Waals surface area (Å²) in [5.74, 6) is 0.265. The molecule has 0 saturated carbocycles. The molecule has 0 unspecified atom stereocenters. The van der Waals surface area contributed by atoms with E-state index in [1.807, 2.05) is 0 Å². The third-order valence-electron chi connectivity index (χ3n) is 5.20. The third kappa shape index (κ3) is 3.39. The molecule has 0 aliphatic carbocycles. The second-order valence-electron chi connectivity index (χ2n) is 6.99. The maximum absolute atomic E-state index is 15.1. The summed E-state index contributed by atoms with van der Waals surface area (Å²) < 4.78 is 48.5. The molecule has 0 radical (unpaired) electrons. The van der Waals surface area contributed by atoms with Gasteiger partial charge in [-0.25, -0.2) is 27.8 Å². The molecular weight excluding hydrogens is 411 g/mol. The Balaban J connectivity index is 1.51. The van der Waals surface area contributed by atoms with E-state index < -0.39 is 15.8 Å². The van der Waals surface area contributed by atoms with Gasteiger partial charge in [-0.05, 0) is 24.3 Å². The molecule has 1 saturated heterocycles. The molecule has 0 amide bonds. The molecule has 0 atom stereocenters. The number of aromatic nitrogens is 4. The van der Waals surface area contributed by atoms with E-state index in [4.69, 9.17) is 4.74 Å². The van der Waals surface area contributed by atoms with Crippen LogP contribution in [0.4, 0.5) is 10.2 Å². The number of ether oxygens (including phenoxy) is 1. The van der Waals surface area contributed by atoms with Crippen LogP contribution in [0, 0.1) is 5.82 Å². The number of nitrogens with zero attached hydrogens (tertiary/aromatic N) is 6. The van der Waals surface area contributed by atoms with Crippen LogP contribution in [0.25, 0.3) is 11.3 Å². The van der Waals surface area contributed by atoms with Crippen molar-refractivity contribution in [2.24, 2.45) is 7.05 Å². The molecule has 3 heterocycles. The van der Waals surface area contributed by atoms with Crippen molar-refractivity contribution in [2.75, 3.05) is 32.1 Å². The molecule has 2 aromatic heterocycles. The summed E-state index contributed by atoms with van der Waals surface area (Å²) in [6, 6.07) is 6.59. The van der Waals surface area contributed by atoms with Crippen LogP contribution in [-0.2, 0) is 17.1 Å². The van der Waals surface area contributed by atoms with Crippen molar-refractivity contribution in [3.8, 4) is 17.0 Å². The zero-order valence-electron chi connectivity index (χ0n) is 16.7. The Labute approximate surface area is 173 Å². The van der Waals surface area contributed by atoms with Crippen molar-refractivity contribution < 1.29 is 17.5 Å². The molecule has 1 aromatic carbocycles. The fraction of sp³-hybridized carbons (Fsp3) is 0.316. The predicted octanol–water partition coefficient (Wildman–Crippen LogP) is 1.53. The van der Waals surface area contributed by atoms with Crippen LogP contribution < -0.4 is 9.64 Å². The summed E-state index contributed by atoms with van der Waals surface area (Å²) in [6.45, 7) is 0.631. The molecule has 30 heavy (non-hydrogen) atoms. The summed E-state index contributed by atoms with van der Waals surface area (Å²) in [6.07, 6.45) is 4.31. The van der Waals surface area contributed by atoms with Gasteiger partial charge in [0.15, 0.2) is 11.6 Å². The molecule has 9 nitrogen and oxygen atoms in total. The quantitative estimate of drug-likeness (QED) is 0.583. The minimum atomic E-state index is -3.74. The lowest BCUT2D eigenvalue weighted by Crippen LogP contribution is -2.60. The van der Waals surface area contributed by atoms with Gasteiger partial charge in [-0.15, -0.1) is 0 Å². The van der Waals surface area contributed by atoms with Gasteiger partial charge in [-0.1, -0.05) is 0 Å². The molecular formula is C19H21FN6O3S. The van der Waals surface area contributed by atoms with Crippen molar-refractivity contribution in [1.82, 2.24) is 23.8 Å². The molecule has 1 fully saturated rings. The lowest BCUT2D eigenvalue weighted by atomic mass is 10.1.